The summed E-state index contributed by atoms with van der Waals surface area (Å²) in [6.45, 7) is 4.25. The summed E-state index contributed by atoms with van der Waals surface area (Å²) in [5.74, 6) is -2.92. The van der Waals surface area contributed by atoms with Crippen LogP contribution in [-0.2, 0) is 27.4 Å². The van der Waals surface area contributed by atoms with E-state index in [1.807, 2.05) is 41.0 Å². The highest BCUT2D eigenvalue weighted by atomic mass is 16.5. The molecule has 0 spiro atoms. The van der Waals surface area contributed by atoms with Crippen molar-refractivity contribution in [1.29, 1.82) is 0 Å². The van der Waals surface area contributed by atoms with Crippen molar-refractivity contribution < 1.29 is 24.2 Å². The minimum atomic E-state index is -0.834. The number of esters is 1. The van der Waals surface area contributed by atoms with Crippen molar-refractivity contribution in [3.8, 4) is 5.75 Å². The molecule has 1 fully saturated rings. The van der Waals surface area contributed by atoms with Crippen LogP contribution in [-0.4, -0.2) is 27.5 Å². The lowest BCUT2D eigenvalue weighted by Gasteiger charge is -2.41. The Kier molecular flexibility index (Phi) is 4.68. The quantitative estimate of drug-likeness (QED) is 0.452. The van der Waals surface area contributed by atoms with Gasteiger partial charge >= 0.3 is 5.97 Å². The molecule has 0 aliphatic carbocycles. The van der Waals surface area contributed by atoms with E-state index in [9.17, 15) is 19.5 Å². The standard InChI is InChI=1S/C28H26N2O5/c1-28(2)14-13-18-19(27(34)35-15-16-9-5-3-6-10-16)23(31)22-20-21(24(28)30(18)22)26(33)29(25(20)32)17-11-7-4-8-12-17/h3-12,20-21,24,31H,13-15H2,1-2H3/t20-,21+,24-/m0/s1. The third-order valence-corrected chi connectivity index (χ3v) is 7.82. The minimum absolute atomic E-state index is 0.0826. The molecule has 178 valence electrons. The molecule has 7 nitrogen and oxygen atoms in total. The predicted molar refractivity (Wildman–Crippen MR) is 128 cm³/mol. The molecule has 3 atom stereocenters. The number of aromatic nitrogens is 1. The fraction of sp³-hybridized carbons (Fsp3) is 0.321. The second kappa shape index (κ2) is 7.57. The number of fused-ring (bicyclic) bond motifs is 3. The Morgan fingerprint density at radius 2 is 1.69 bits per heavy atom. The van der Waals surface area contributed by atoms with Crippen LogP contribution in [0.3, 0.4) is 0 Å². The lowest BCUT2D eigenvalue weighted by atomic mass is 9.70. The van der Waals surface area contributed by atoms with Crippen LogP contribution in [0, 0.1) is 11.3 Å². The lowest BCUT2D eigenvalue weighted by Crippen LogP contribution is -2.40. The fourth-order valence-electron chi connectivity index (χ4n) is 6.23. The van der Waals surface area contributed by atoms with Crippen molar-refractivity contribution in [3.05, 3.63) is 83.2 Å². The van der Waals surface area contributed by atoms with Gasteiger partial charge in [-0.3, -0.25) is 9.59 Å². The fourth-order valence-corrected chi connectivity index (χ4v) is 6.23. The molecule has 0 radical (unpaired) electrons. The molecule has 2 aromatic carbocycles. The molecule has 1 saturated heterocycles. The highest BCUT2D eigenvalue weighted by molar-refractivity contribution is 6.24. The van der Waals surface area contributed by atoms with Gasteiger partial charge in [-0.2, -0.15) is 0 Å². The molecule has 0 saturated carbocycles. The SMILES string of the molecule is CC1(C)CCc2c(C(=O)OCc3ccccc3)c(O)c3n2[C@H]1[C@@H]1C(=O)N(c2ccccc2)C(=O)[C@H]31. The highest BCUT2D eigenvalue weighted by Crippen LogP contribution is 2.61. The maximum atomic E-state index is 13.7. The average Bonchev–Trinajstić information content (AvgIpc) is 3.44. The van der Waals surface area contributed by atoms with Crippen LogP contribution in [0.5, 0.6) is 5.75 Å². The third-order valence-electron chi connectivity index (χ3n) is 7.82. The number of benzene rings is 2. The molecule has 3 aromatic rings. The number of hydrogen-bond acceptors (Lipinski definition) is 5. The Morgan fingerprint density at radius 1 is 1.03 bits per heavy atom. The van der Waals surface area contributed by atoms with Crippen LogP contribution in [0.2, 0.25) is 0 Å². The van der Waals surface area contributed by atoms with E-state index in [4.69, 9.17) is 4.74 Å². The van der Waals surface area contributed by atoms with Crippen molar-refractivity contribution in [2.24, 2.45) is 11.3 Å². The number of anilines is 1. The van der Waals surface area contributed by atoms with Crippen molar-refractivity contribution in [2.75, 3.05) is 4.90 Å². The average molecular weight is 471 g/mol. The Balaban J connectivity index is 1.43. The van der Waals surface area contributed by atoms with Gasteiger partial charge in [0, 0.05) is 5.69 Å². The van der Waals surface area contributed by atoms with Crippen LogP contribution >= 0.6 is 0 Å². The van der Waals surface area contributed by atoms with Gasteiger partial charge in [-0.15, -0.1) is 0 Å². The second-order valence-corrected chi connectivity index (χ2v) is 10.3. The summed E-state index contributed by atoms with van der Waals surface area (Å²) in [5.41, 5.74) is 2.20. The number of nitrogens with zero attached hydrogens (tertiary/aromatic N) is 2. The van der Waals surface area contributed by atoms with Gasteiger partial charge in [-0.1, -0.05) is 62.4 Å². The first-order valence-corrected chi connectivity index (χ1v) is 11.9. The number of ether oxygens (including phenoxy) is 1. The van der Waals surface area contributed by atoms with E-state index in [1.165, 1.54) is 4.90 Å². The van der Waals surface area contributed by atoms with Gasteiger partial charge in [-0.25, -0.2) is 9.69 Å². The van der Waals surface area contributed by atoms with Gasteiger partial charge < -0.3 is 14.4 Å². The van der Waals surface area contributed by atoms with E-state index in [1.54, 1.807) is 24.3 Å². The zero-order valence-corrected chi connectivity index (χ0v) is 19.6. The number of hydrogen-bond donors (Lipinski definition) is 1. The Bertz CT molecular complexity index is 1360. The monoisotopic (exact) mass is 470 g/mol. The number of imide groups is 1. The van der Waals surface area contributed by atoms with Gasteiger partial charge in [0.1, 0.15) is 12.2 Å². The number of aromatic hydroxyl groups is 1. The molecule has 0 unspecified atom stereocenters. The largest absolute Gasteiger partial charge is 0.505 e. The molecule has 7 heteroatoms. The summed E-state index contributed by atoms with van der Waals surface area (Å²) in [4.78, 5) is 41.8. The molecule has 1 N–H and O–H groups in total. The second-order valence-electron chi connectivity index (χ2n) is 10.3. The number of amides is 2. The normalized spacial score (nSPS) is 23.8. The molecule has 3 aliphatic rings. The summed E-state index contributed by atoms with van der Waals surface area (Å²) < 4.78 is 7.47. The van der Waals surface area contributed by atoms with E-state index >= 15 is 0 Å². The zero-order chi connectivity index (χ0) is 24.5. The van der Waals surface area contributed by atoms with E-state index in [0.717, 1.165) is 12.0 Å². The van der Waals surface area contributed by atoms with E-state index in [0.29, 0.717) is 23.5 Å². The summed E-state index contributed by atoms with van der Waals surface area (Å²) in [6, 6.07) is 17.9. The van der Waals surface area contributed by atoms with Crippen LogP contribution < -0.4 is 4.90 Å². The van der Waals surface area contributed by atoms with Crippen LogP contribution in [0.4, 0.5) is 5.69 Å². The van der Waals surface area contributed by atoms with Gasteiger partial charge in [0.25, 0.3) is 0 Å². The van der Waals surface area contributed by atoms with E-state index in [-0.39, 0.29) is 41.2 Å². The zero-order valence-electron chi connectivity index (χ0n) is 19.6. The summed E-state index contributed by atoms with van der Waals surface area (Å²) in [7, 11) is 0. The first-order valence-electron chi connectivity index (χ1n) is 11.9. The first kappa shape index (κ1) is 21.6. The summed E-state index contributed by atoms with van der Waals surface area (Å²) in [6.07, 6.45) is 1.27. The maximum Gasteiger partial charge on any atom is 0.344 e. The van der Waals surface area contributed by atoms with Crippen LogP contribution in [0.1, 0.15) is 59.5 Å². The number of rotatable bonds is 4. The molecule has 4 heterocycles. The van der Waals surface area contributed by atoms with Gasteiger partial charge in [0.05, 0.1) is 29.3 Å². The van der Waals surface area contributed by atoms with E-state index < -0.39 is 17.8 Å². The van der Waals surface area contributed by atoms with Crippen molar-refractivity contribution in [3.63, 3.8) is 0 Å². The van der Waals surface area contributed by atoms with Crippen molar-refractivity contribution in [1.82, 2.24) is 4.57 Å². The minimum Gasteiger partial charge on any atom is -0.505 e. The summed E-state index contributed by atoms with van der Waals surface area (Å²) >= 11 is 0. The Hall–Kier alpha value is -3.87. The van der Waals surface area contributed by atoms with Crippen LogP contribution in [0.25, 0.3) is 0 Å². The van der Waals surface area contributed by atoms with Crippen LogP contribution in [0.15, 0.2) is 60.7 Å². The van der Waals surface area contributed by atoms with Gasteiger partial charge in [-0.05, 0) is 36.0 Å². The molecule has 6 rings (SSSR count). The van der Waals surface area contributed by atoms with E-state index in [2.05, 4.69) is 13.8 Å². The first-order chi connectivity index (χ1) is 16.8. The molecular formula is C28H26N2O5. The molecular weight excluding hydrogens is 444 g/mol. The number of carbonyl (C=O) groups excluding carboxylic acids is 3. The lowest BCUT2D eigenvalue weighted by molar-refractivity contribution is -0.123. The van der Waals surface area contributed by atoms with Gasteiger partial charge in [0.2, 0.25) is 11.8 Å². The molecule has 3 aliphatic heterocycles. The molecule has 35 heavy (non-hydrogen) atoms. The number of para-hydroxylation sites is 1. The van der Waals surface area contributed by atoms with Crippen molar-refractivity contribution >= 4 is 23.5 Å². The Morgan fingerprint density at radius 3 is 2.37 bits per heavy atom. The van der Waals surface area contributed by atoms with Crippen molar-refractivity contribution in [2.45, 2.75) is 45.3 Å². The summed E-state index contributed by atoms with van der Waals surface area (Å²) in [5, 5.41) is 11.3. The smallest absolute Gasteiger partial charge is 0.344 e. The molecule has 0 bridgehead atoms. The molecule has 1 aromatic heterocycles. The topological polar surface area (TPSA) is 88.8 Å². The number of carbonyl (C=O) groups is 3. The third kappa shape index (κ3) is 3.00. The maximum absolute atomic E-state index is 13.7. The van der Waals surface area contributed by atoms with Gasteiger partial charge in [0.15, 0.2) is 5.75 Å². The molecule has 2 amide bonds. The predicted octanol–water partition coefficient (Wildman–Crippen LogP) is 4.35. The highest BCUT2D eigenvalue weighted by Gasteiger charge is 2.64. The Labute approximate surface area is 202 Å².